The van der Waals surface area contributed by atoms with Crippen LogP contribution in [0, 0.1) is 0 Å². The molecule has 0 radical (unpaired) electrons. The van der Waals surface area contributed by atoms with Gasteiger partial charge in [-0.2, -0.15) is 0 Å². The summed E-state index contributed by atoms with van der Waals surface area (Å²) in [5.74, 6) is -0.568. The summed E-state index contributed by atoms with van der Waals surface area (Å²) in [4.78, 5) is 40.0. The molecule has 0 aliphatic carbocycles. The first kappa shape index (κ1) is 72.5. The molecule has 0 aliphatic heterocycles. The number of amides is 1. The van der Waals surface area contributed by atoms with Crippen LogP contribution < -0.4 is 10.2 Å². The highest BCUT2D eigenvalue weighted by atomic mass is 31.2. The minimum Gasteiger partial charge on any atom is -0.756 e. The Morgan fingerprint density at radius 3 is 1.24 bits per heavy atom. The van der Waals surface area contributed by atoms with Crippen molar-refractivity contribution in [3.8, 4) is 0 Å². The van der Waals surface area contributed by atoms with Crippen LogP contribution in [0.15, 0.2) is 72.9 Å². The fourth-order valence-electron chi connectivity index (χ4n) is 8.74. The van der Waals surface area contributed by atoms with Crippen LogP contribution in [0.1, 0.15) is 278 Å². The molecule has 0 saturated heterocycles. The summed E-state index contributed by atoms with van der Waals surface area (Å²) in [6.45, 7) is 6.78. The van der Waals surface area contributed by atoms with E-state index in [9.17, 15) is 19.0 Å². The molecule has 0 fully saturated rings. The Hall–Kier alpha value is -2.55. The zero-order chi connectivity index (χ0) is 55.0. The van der Waals surface area contributed by atoms with Crippen LogP contribution in [0.25, 0.3) is 0 Å². The van der Waals surface area contributed by atoms with Gasteiger partial charge in [0.1, 0.15) is 19.3 Å². The quantitative estimate of drug-likeness (QED) is 0.0212. The number of nitrogens with one attached hydrogen (secondary N) is 1. The van der Waals surface area contributed by atoms with Crippen LogP contribution >= 0.6 is 7.82 Å². The van der Waals surface area contributed by atoms with Gasteiger partial charge in [0.25, 0.3) is 7.82 Å². The van der Waals surface area contributed by atoms with E-state index in [1.807, 2.05) is 33.3 Å². The van der Waals surface area contributed by atoms with Crippen LogP contribution in [-0.4, -0.2) is 69.4 Å². The summed E-state index contributed by atoms with van der Waals surface area (Å²) >= 11 is 0. The van der Waals surface area contributed by atoms with E-state index >= 15 is 0 Å². The minimum absolute atomic E-state index is 0.0290. The van der Waals surface area contributed by atoms with Crippen molar-refractivity contribution in [2.24, 2.45) is 0 Å². The molecule has 3 atom stereocenters. The lowest BCUT2D eigenvalue weighted by Gasteiger charge is -2.30. The molecule has 436 valence electrons. The average Bonchev–Trinajstić information content (AvgIpc) is 3.37. The van der Waals surface area contributed by atoms with E-state index in [0.29, 0.717) is 23.9 Å². The molecule has 75 heavy (non-hydrogen) atoms. The third-order valence-electron chi connectivity index (χ3n) is 13.6. The van der Waals surface area contributed by atoms with Gasteiger partial charge >= 0.3 is 5.97 Å². The normalized spacial score (nSPS) is 14.2. The van der Waals surface area contributed by atoms with Crippen molar-refractivity contribution in [1.29, 1.82) is 0 Å². The number of quaternary nitrogens is 1. The average molecular weight is 1070 g/mol. The van der Waals surface area contributed by atoms with Crippen molar-refractivity contribution in [3.63, 3.8) is 0 Å². The number of nitrogens with zero attached hydrogens (tertiary/aromatic N) is 1. The molecular formula is C65H119N2O7P. The molecule has 9 nitrogen and oxygen atoms in total. The molecule has 0 aliphatic rings. The van der Waals surface area contributed by atoms with Gasteiger partial charge in [0, 0.05) is 12.8 Å². The number of carbonyl (C=O) groups is 2. The predicted octanol–water partition coefficient (Wildman–Crippen LogP) is 18.6. The lowest BCUT2D eigenvalue weighted by Crippen LogP contribution is -2.47. The van der Waals surface area contributed by atoms with Gasteiger partial charge in [-0.05, 0) is 102 Å². The summed E-state index contributed by atoms with van der Waals surface area (Å²) in [5, 5.41) is 3.02. The molecule has 0 spiro atoms. The number of likely N-dealkylation sites (N-methyl/N-ethyl adjacent to an activating group) is 1. The standard InChI is InChI=1S/C65H119N2O7P/c1-7-10-13-16-19-22-25-28-30-32-33-35-36-39-42-45-48-51-54-57-64(68)66-62(61-73-75(70,71)72-60-59-67(4,5)6)63(56-53-50-47-44-41-38-27-24-21-18-15-12-9-3)74-65(69)58-55-52-49-46-43-40-37-34-31-29-26-23-20-17-14-11-8-2/h19-20,22-23,28-31,37,40,53,56,62-63H,7-18,21,24-27,32-36,38-39,41-52,54-55,57-61H2,1-6H3,(H-,66,68,70,71)/b22-19-,23-20-,30-28-,31-29-,40-37-,56-53+. The maximum atomic E-state index is 13.5. The van der Waals surface area contributed by atoms with E-state index < -0.39 is 26.6 Å². The number of hydrogen-bond acceptors (Lipinski definition) is 7. The molecular weight excluding hydrogens is 952 g/mol. The number of unbranched alkanes of at least 4 members (excludes halogenated alkanes) is 30. The van der Waals surface area contributed by atoms with Gasteiger partial charge in [-0.1, -0.05) is 235 Å². The third kappa shape index (κ3) is 56.0. The topological polar surface area (TPSA) is 114 Å². The summed E-state index contributed by atoms with van der Waals surface area (Å²) in [7, 11) is 1.17. The number of allylic oxidation sites excluding steroid dienone is 11. The van der Waals surface area contributed by atoms with Crippen molar-refractivity contribution in [2.45, 2.75) is 290 Å². The molecule has 3 unspecified atom stereocenters. The Morgan fingerprint density at radius 2 is 0.813 bits per heavy atom. The van der Waals surface area contributed by atoms with Crippen LogP contribution in [0.2, 0.25) is 0 Å². The second-order valence-corrected chi connectivity index (χ2v) is 23.6. The van der Waals surface area contributed by atoms with E-state index in [1.54, 1.807) is 0 Å². The van der Waals surface area contributed by atoms with Crippen molar-refractivity contribution in [3.05, 3.63) is 72.9 Å². The molecule has 0 rings (SSSR count). The molecule has 0 aromatic carbocycles. The predicted molar refractivity (Wildman–Crippen MR) is 321 cm³/mol. The summed E-state index contributed by atoms with van der Waals surface area (Å²) in [6, 6.07) is -0.902. The molecule has 10 heteroatoms. The number of hydrogen-bond donors (Lipinski definition) is 1. The van der Waals surface area contributed by atoms with Crippen LogP contribution in [0.3, 0.4) is 0 Å². The fraction of sp³-hybridized carbons (Fsp3) is 0.785. The fourth-order valence-corrected chi connectivity index (χ4v) is 9.46. The van der Waals surface area contributed by atoms with Crippen LogP contribution in [0.5, 0.6) is 0 Å². The molecule has 1 N–H and O–H groups in total. The van der Waals surface area contributed by atoms with Gasteiger partial charge in [-0.15, -0.1) is 0 Å². The highest BCUT2D eigenvalue weighted by Gasteiger charge is 2.27. The van der Waals surface area contributed by atoms with Gasteiger partial charge in [0.15, 0.2) is 0 Å². The van der Waals surface area contributed by atoms with Crippen molar-refractivity contribution < 1.29 is 37.3 Å². The van der Waals surface area contributed by atoms with Gasteiger partial charge < -0.3 is 28.5 Å². The Balaban J connectivity index is 5.33. The monoisotopic (exact) mass is 1070 g/mol. The summed E-state index contributed by atoms with van der Waals surface area (Å²) in [6.07, 6.45) is 70.0. The number of phosphoric ester groups is 1. The summed E-state index contributed by atoms with van der Waals surface area (Å²) in [5.41, 5.74) is 0. The van der Waals surface area contributed by atoms with Crippen molar-refractivity contribution in [2.75, 3.05) is 40.9 Å². The Morgan fingerprint density at radius 1 is 0.467 bits per heavy atom. The molecule has 0 saturated carbocycles. The summed E-state index contributed by atoms with van der Waals surface area (Å²) < 4.78 is 30.3. The van der Waals surface area contributed by atoms with E-state index in [4.69, 9.17) is 13.8 Å². The number of phosphoric acid groups is 1. The first-order valence-electron chi connectivity index (χ1n) is 31.2. The molecule has 1 amide bonds. The smallest absolute Gasteiger partial charge is 0.306 e. The van der Waals surface area contributed by atoms with Crippen LogP contribution in [0.4, 0.5) is 0 Å². The Bertz CT molecular complexity index is 1510. The second-order valence-electron chi connectivity index (χ2n) is 22.2. The highest BCUT2D eigenvalue weighted by molar-refractivity contribution is 7.45. The zero-order valence-corrected chi connectivity index (χ0v) is 50.6. The first-order chi connectivity index (χ1) is 36.4. The largest absolute Gasteiger partial charge is 0.756 e. The maximum Gasteiger partial charge on any atom is 0.306 e. The highest BCUT2D eigenvalue weighted by Crippen LogP contribution is 2.38. The van der Waals surface area contributed by atoms with Gasteiger partial charge in [0.2, 0.25) is 5.91 Å². The van der Waals surface area contributed by atoms with Crippen molar-refractivity contribution >= 4 is 19.7 Å². The Kier molecular flexibility index (Phi) is 52.9. The molecule has 0 aromatic rings. The lowest BCUT2D eigenvalue weighted by molar-refractivity contribution is -0.870. The third-order valence-corrected chi connectivity index (χ3v) is 14.6. The van der Waals surface area contributed by atoms with Crippen molar-refractivity contribution in [1.82, 2.24) is 5.32 Å². The lowest BCUT2D eigenvalue weighted by atomic mass is 10.0. The van der Waals surface area contributed by atoms with E-state index in [1.165, 1.54) is 141 Å². The van der Waals surface area contributed by atoms with Gasteiger partial charge in [-0.25, -0.2) is 0 Å². The van der Waals surface area contributed by atoms with E-state index in [0.717, 1.165) is 96.3 Å². The second kappa shape index (κ2) is 54.8. The van der Waals surface area contributed by atoms with Crippen LogP contribution in [-0.2, 0) is 27.9 Å². The van der Waals surface area contributed by atoms with Gasteiger partial charge in [-0.3, -0.25) is 14.2 Å². The minimum atomic E-state index is -4.71. The molecule has 0 bridgehead atoms. The van der Waals surface area contributed by atoms with E-state index in [-0.39, 0.29) is 24.9 Å². The zero-order valence-electron chi connectivity index (χ0n) is 49.7. The molecule has 0 aromatic heterocycles. The Labute approximate surface area is 463 Å². The molecule has 0 heterocycles. The van der Waals surface area contributed by atoms with E-state index in [2.05, 4.69) is 86.8 Å². The number of rotatable bonds is 56. The SMILES string of the molecule is CCCCC/C=C\C/C=C\C/C=C\CCCCCCC(=O)OC(/C=C/CCCCCCCCCCCCC)C(COP(=O)([O-])OCC[N+](C)(C)C)NC(=O)CCCCCCCCCCC/C=C\C/C=C\CCCCC. The number of esters is 1. The number of ether oxygens (including phenoxy) is 1. The van der Waals surface area contributed by atoms with Gasteiger partial charge in [0.05, 0.1) is 33.8 Å². The number of carbonyl (C=O) groups excluding carboxylic acids is 2. The first-order valence-corrected chi connectivity index (χ1v) is 32.7. The maximum absolute atomic E-state index is 13.5.